The Morgan fingerprint density at radius 2 is 2.00 bits per heavy atom. The number of hydrogen-bond donors (Lipinski definition) is 3. The molecule has 0 unspecified atom stereocenters. The van der Waals surface area contributed by atoms with E-state index in [1.807, 2.05) is 6.92 Å². The molecule has 1 rings (SSSR count). The maximum Gasteiger partial charge on any atom is 0.251 e. The molecule has 2 amide bonds. The summed E-state index contributed by atoms with van der Waals surface area (Å²) in [5.74, 6) is -0.412. The van der Waals surface area contributed by atoms with E-state index in [2.05, 4.69) is 10.6 Å². The standard InChI is InChI=1S/C13H18N2O3/c1-3-6-14-12(17)8-15-13(18)11-5-4-10(16)7-9(11)2/h4-5,7,16H,3,6,8H2,1-2H3,(H,14,17)(H,15,18). The van der Waals surface area contributed by atoms with Gasteiger partial charge in [-0.05, 0) is 37.1 Å². The molecule has 0 aromatic heterocycles. The Kier molecular flexibility index (Phi) is 5.17. The van der Waals surface area contributed by atoms with E-state index in [0.717, 1.165) is 6.42 Å². The number of aryl methyl sites for hydroxylation is 1. The Hall–Kier alpha value is -2.04. The second-order valence-electron chi connectivity index (χ2n) is 4.03. The first-order chi connectivity index (χ1) is 8.54. The number of amides is 2. The molecule has 5 nitrogen and oxygen atoms in total. The first kappa shape index (κ1) is 14.0. The van der Waals surface area contributed by atoms with Gasteiger partial charge < -0.3 is 15.7 Å². The van der Waals surface area contributed by atoms with Gasteiger partial charge in [0, 0.05) is 12.1 Å². The fourth-order valence-electron chi connectivity index (χ4n) is 1.49. The van der Waals surface area contributed by atoms with Gasteiger partial charge in [-0.2, -0.15) is 0 Å². The summed E-state index contributed by atoms with van der Waals surface area (Å²) in [6.07, 6.45) is 0.858. The van der Waals surface area contributed by atoms with E-state index in [1.54, 1.807) is 6.92 Å². The highest BCUT2D eigenvalue weighted by Gasteiger charge is 2.10. The third-order valence-corrected chi connectivity index (χ3v) is 2.44. The highest BCUT2D eigenvalue weighted by atomic mass is 16.3. The summed E-state index contributed by atoms with van der Waals surface area (Å²) in [4.78, 5) is 23.1. The molecular weight excluding hydrogens is 232 g/mol. The molecule has 0 aliphatic rings. The van der Waals surface area contributed by atoms with Gasteiger partial charge in [0.05, 0.1) is 6.54 Å². The number of aromatic hydroxyl groups is 1. The summed E-state index contributed by atoms with van der Waals surface area (Å²) in [5, 5.41) is 14.4. The average Bonchev–Trinajstić information content (AvgIpc) is 2.33. The maximum absolute atomic E-state index is 11.8. The lowest BCUT2D eigenvalue weighted by atomic mass is 10.1. The lowest BCUT2D eigenvalue weighted by molar-refractivity contribution is -0.120. The van der Waals surface area contributed by atoms with E-state index in [1.165, 1.54) is 18.2 Å². The Bertz CT molecular complexity index is 444. The summed E-state index contributed by atoms with van der Waals surface area (Å²) in [6.45, 7) is 4.25. The normalized spacial score (nSPS) is 9.89. The molecule has 0 spiro atoms. The van der Waals surface area contributed by atoms with Crippen molar-refractivity contribution in [1.29, 1.82) is 0 Å². The molecule has 0 bridgehead atoms. The molecule has 0 saturated carbocycles. The van der Waals surface area contributed by atoms with Crippen LogP contribution in [-0.4, -0.2) is 30.0 Å². The van der Waals surface area contributed by atoms with Crippen LogP contribution in [0.2, 0.25) is 0 Å². The van der Waals surface area contributed by atoms with Gasteiger partial charge in [-0.3, -0.25) is 9.59 Å². The van der Waals surface area contributed by atoms with E-state index >= 15 is 0 Å². The smallest absolute Gasteiger partial charge is 0.251 e. The molecular formula is C13H18N2O3. The Morgan fingerprint density at radius 3 is 2.61 bits per heavy atom. The van der Waals surface area contributed by atoms with Crippen molar-refractivity contribution in [2.45, 2.75) is 20.3 Å². The molecule has 1 aromatic carbocycles. The largest absolute Gasteiger partial charge is 0.508 e. The van der Waals surface area contributed by atoms with Crippen molar-refractivity contribution >= 4 is 11.8 Å². The second-order valence-corrected chi connectivity index (χ2v) is 4.03. The van der Waals surface area contributed by atoms with Gasteiger partial charge >= 0.3 is 0 Å². The van der Waals surface area contributed by atoms with E-state index in [9.17, 15) is 14.7 Å². The predicted molar refractivity (Wildman–Crippen MR) is 68.5 cm³/mol. The van der Waals surface area contributed by atoms with Crippen molar-refractivity contribution in [3.8, 4) is 5.75 Å². The van der Waals surface area contributed by atoms with Crippen LogP contribution in [0.3, 0.4) is 0 Å². The van der Waals surface area contributed by atoms with Gasteiger partial charge in [-0.25, -0.2) is 0 Å². The van der Waals surface area contributed by atoms with E-state index in [-0.39, 0.29) is 24.1 Å². The van der Waals surface area contributed by atoms with Crippen molar-refractivity contribution in [1.82, 2.24) is 10.6 Å². The number of carbonyl (C=O) groups excluding carboxylic acids is 2. The number of rotatable bonds is 5. The molecule has 3 N–H and O–H groups in total. The second kappa shape index (κ2) is 6.64. The predicted octanol–water partition coefficient (Wildman–Crippen LogP) is 0.957. The van der Waals surface area contributed by atoms with Crippen LogP contribution < -0.4 is 10.6 Å². The first-order valence-electron chi connectivity index (χ1n) is 5.89. The summed E-state index contributed by atoms with van der Waals surface area (Å²) in [5.41, 5.74) is 1.12. The van der Waals surface area contributed by atoms with E-state index in [4.69, 9.17) is 0 Å². The molecule has 0 heterocycles. The lowest BCUT2D eigenvalue weighted by Crippen LogP contribution is -2.37. The first-order valence-corrected chi connectivity index (χ1v) is 5.89. The summed E-state index contributed by atoms with van der Waals surface area (Å²) < 4.78 is 0. The van der Waals surface area contributed by atoms with Crippen molar-refractivity contribution in [3.05, 3.63) is 29.3 Å². The summed E-state index contributed by atoms with van der Waals surface area (Å²) in [6, 6.07) is 4.48. The fraction of sp³-hybridized carbons (Fsp3) is 0.385. The molecule has 0 fully saturated rings. The van der Waals surface area contributed by atoms with Crippen LogP contribution in [0, 0.1) is 6.92 Å². The van der Waals surface area contributed by atoms with Gasteiger partial charge in [0.2, 0.25) is 5.91 Å². The van der Waals surface area contributed by atoms with Crippen molar-refractivity contribution in [2.24, 2.45) is 0 Å². The number of nitrogens with one attached hydrogen (secondary N) is 2. The Balaban J connectivity index is 2.53. The van der Waals surface area contributed by atoms with Crippen LogP contribution in [0.1, 0.15) is 29.3 Å². The van der Waals surface area contributed by atoms with Crippen LogP contribution in [0.4, 0.5) is 0 Å². The van der Waals surface area contributed by atoms with Crippen molar-refractivity contribution in [3.63, 3.8) is 0 Å². The molecule has 5 heteroatoms. The topological polar surface area (TPSA) is 78.4 Å². The van der Waals surface area contributed by atoms with Gasteiger partial charge in [0.1, 0.15) is 5.75 Å². The third kappa shape index (κ3) is 4.08. The zero-order valence-electron chi connectivity index (χ0n) is 10.6. The molecule has 98 valence electrons. The van der Waals surface area contributed by atoms with Crippen molar-refractivity contribution in [2.75, 3.05) is 13.1 Å². The van der Waals surface area contributed by atoms with Crippen LogP contribution in [0.25, 0.3) is 0 Å². The average molecular weight is 250 g/mol. The summed E-state index contributed by atoms with van der Waals surface area (Å²) in [7, 11) is 0. The third-order valence-electron chi connectivity index (χ3n) is 2.44. The summed E-state index contributed by atoms with van der Waals surface area (Å²) >= 11 is 0. The number of phenols is 1. The fourth-order valence-corrected chi connectivity index (χ4v) is 1.49. The van der Waals surface area contributed by atoms with Gasteiger partial charge in [0.25, 0.3) is 5.91 Å². The maximum atomic E-state index is 11.8. The van der Waals surface area contributed by atoms with Gasteiger partial charge in [0.15, 0.2) is 0 Å². The minimum atomic E-state index is -0.320. The minimum Gasteiger partial charge on any atom is -0.508 e. The van der Waals surface area contributed by atoms with Crippen LogP contribution in [-0.2, 0) is 4.79 Å². The molecule has 0 saturated heterocycles. The van der Waals surface area contributed by atoms with Crippen LogP contribution >= 0.6 is 0 Å². The number of benzene rings is 1. The Morgan fingerprint density at radius 1 is 1.28 bits per heavy atom. The zero-order valence-corrected chi connectivity index (χ0v) is 10.6. The molecule has 18 heavy (non-hydrogen) atoms. The minimum absolute atomic E-state index is 0.0425. The molecule has 0 aliphatic heterocycles. The van der Waals surface area contributed by atoms with Crippen LogP contribution in [0.5, 0.6) is 5.75 Å². The zero-order chi connectivity index (χ0) is 13.5. The van der Waals surface area contributed by atoms with Gasteiger partial charge in [-0.1, -0.05) is 6.92 Å². The SMILES string of the molecule is CCCNC(=O)CNC(=O)c1ccc(O)cc1C. The Labute approximate surface area is 106 Å². The van der Waals surface area contributed by atoms with E-state index in [0.29, 0.717) is 17.7 Å². The molecule has 1 aromatic rings. The van der Waals surface area contributed by atoms with Crippen molar-refractivity contribution < 1.29 is 14.7 Å². The highest BCUT2D eigenvalue weighted by molar-refractivity contribution is 5.97. The quantitative estimate of drug-likeness (QED) is 0.728. The molecule has 0 atom stereocenters. The number of hydrogen-bond acceptors (Lipinski definition) is 3. The molecule has 0 aliphatic carbocycles. The van der Waals surface area contributed by atoms with Gasteiger partial charge in [-0.15, -0.1) is 0 Å². The highest BCUT2D eigenvalue weighted by Crippen LogP contribution is 2.15. The number of phenolic OH excluding ortho intramolecular Hbond substituents is 1. The van der Waals surface area contributed by atoms with E-state index < -0.39 is 0 Å². The van der Waals surface area contributed by atoms with Crippen LogP contribution in [0.15, 0.2) is 18.2 Å². The molecule has 0 radical (unpaired) electrons. The number of carbonyl (C=O) groups is 2. The monoisotopic (exact) mass is 250 g/mol. The lowest BCUT2D eigenvalue weighted by Gasteiger charge is -2.08.